The van der Waals surface area contributed by atoms with Gasteiger partial charge in [-0.25, -0.2) is 0 Å². The average Bonchev–Trinajstić information content (AvgIpc) is 3.53. The van der Waals surface area contributed by atoms with Crippen molar-refractivity contribution in [1.82, 2.24) is 20.1 Å². The summed E-state index contributed by atoms with van der Waals surface area (Å²) in [6, 6.07) is 8.87. The molecule has 2 aromatic heterocycles. The summed E-state index contributed by atoms with van der Waals surface area (Å²) in [6.45, 7) is 1.88. The van der Waals surface area contributed by atoms with Gasteiger partial charge in [-0.2, -0.15) is 23.3 Å². The highest BCUT2D eigenvalue weighted by molar-refractivity contribution is 7.17. The molecule has 39 heavy (non-hydrogen) atoms. The molecule has 4 aromatic rings. The zero-order valence-corrected chi connectivity index (χ0v) is 22.2. The molecule has 0 saturated carbocycles. The minimum atomic E-state index is -4.64. The molecule has 204 valence electrons. The predicted octanol–water partition coefficient (Wildman–Crippen LogP) is 5.28. The topological polar surface area (TPSA) is 94.6 Å². The zero-order chi connectivity index (χ0) is 27.7. The van der Waals surface area contributed by atoms with Gasteiger partial charge in [0.25, 0.3) is 0 Å². The van der Waals surface area contributed by atoms with Gasteiger partial charge in [-0.1, -0.05) is 35.1 Å². The van der Waals surface area contributed by atoms with Crippen LogP contribution in [0.3, 0.4) is 0 Å². The van der Waals surface area contributed by atoms with Crippen molar-refractivity contribution in [1.29, 1.82) is 0 Å². The number of hydrogen-bond acceptors (Lipinski definition) is 7. The Bertz CT molecular complexity index is 1540. The molecule has 1 fully saturated rings. The Hall–Kier alpha value is -3.61. The Morgan fingerprint density at radius 2 is 1.97 bits per heavy atom. The van der Waals surface area contributed by atoms with E-state index in [1.165, 1.54) is 36.7 Å². The van der Waals surface area contributed by atoms with E-state index in [0.717, 1.165) is 17.0 Å². The second kappa shape index (κ2) is 10.9. The van der Waals surface area contributed by atoms with Crippen molar-refractivity contribution in [3.63, 3.8) is 0 Å². The number of anilines is 1. The molecule has 1 amide bonds. The zero-order valence-electron chi connectivity index (χ0n) is 20.6. The number of halogens is 4. The molecule has 1 aliphatic rings. The van der Waals surface area contributed by atoms with E-state index in [1.807, 2.05) is 4.90 Å². The Labute approximate surface area is 230 Å². The van der Waals surface area contributed by atoms with Crippen LogP contribution in [-0.2, 0) is 15.7 Å². The monoisotopic (exact) mass is 577 g/mol. The second-order valence-electron chi connectivity index (χ2n) is 8.91. The number of benzene rings is 2. The number of thiazole rings is 1. The second-order valence-corrected chi connectivity index (χ2v) is 10.3. The molecule has 5 rings (SSSR count). The lowest BCUT2D eigenvalue weighted by atomic mass is 9.98. The van der Waals surface area contributed by atoms with Gasteiger partial charge in [0.2, 0.25) is 11.8 Å². The Morgan fingerprint density at radius 3 is 2.69 bits per heavy atom. The summed E-state index contributed by atoms with van der Waals surface area (Å²) < 4.78 is 46.7. The van der Waals surface area contributed by atoms with Crippen LogP contribution in [0.25, 0.3) is 22.6 Å². The quantitative estimate of drug-likeness (QED) is 0.303. The fourth-order valence-electron chi connectivity index (χ4n) is 4.42. The summed E-state index contributed by atoms with van der Waals surface area (Å²) in [4.78, 5) is 20.4. The van der Waals surface area contributed by atoms with Crippen molar-refractivity contribution in [2.75, 3.05) is 44.8 Å². The van der Waals surface area contributed by atoms with E-state index in [1.54, 1.807) is 29.3 Å². The van der Waals surface area contributed by atoms with Gasteiger partial charge >= 0.3 is 6.18 Å². The maximum Gasteiger partial charge on any atom is 0.417 e. The molecule has 0 unspecified atom stereocenters. The number of ether oxygens (including phenoxy) is 1. The number of aromatic nitrogens is 3. The van der Waals surface area contributed by atoms with Crippen LogP contribution in [0.5, 0.6) is 5.88 Å². The first kappa shape index (κ1) is 27.0. The first-order valence-corrected chi connectivity index (χ1v) is 13.1. The summed E-state index contributed by atoms with van der Waals surface area (Å²) in [6.07, 6.45) is -1.64. The molecule has 0 atom stereocenters. The van der Waals surface area contributed by atoms with Crippen LogP contribution in [0.1, 0.15) is 21.6 Å². The number of methoxy groups -OCH3 is 1. The number of carbonyl (C=O) groups is 1. The standard InChI is InChI=1S/C26H23ClF3N5O3S/c1-38-14-22(36)34-6-8-35(9-7-34)25-32-24(37)23(39-25)19(15-3-5-21-17(10-15)13-31-33-21)11-16-2-4-18(27)12-20(16)26(28,29)30/h2-5,10-13,37H,6-9,14H2,1H3,(H,31,33). The Kier molecular flexibility index (Phi) is 7.52. The third kappa shape index (κ3) is 5.72. The molecule has 3 heterocycles. The first-order chi connectivity index (χ1) is 18.6. The number of aromatic hydroxyl groups is 1. The maximum atomic E-state index is 13.9. The smallest absolute Gasteiger partial charge is 0.417 e. The number of carbonyl (C=O) groups excluding carboxylic acids is 1. The van der Waals surface area contributed by atoms with Crippen LogP contribution in [0.15, 0.2) is 42.6 Å². The number of H-pyrrole nitrogens is 1. The molecule has 2 aromatic carbocycles. The van der Waals surface area contributed by atoms with Gasteiger partial charge in [0.05, 0.1) is 17.3 Å². The average molecular weight is 578 g/mol. The van der Waals surface area contributed by atoms with Crippen molar-refractivity contribution in [2.24, 2.45) is 0 Å². The number of fused-ring (bicyclic) bond motifs is 1. The van der Waals surface area contributed by atoms with Gasteiger partial charge in [-0.05, 0) is 41.5 Å². The molecule has 13 heteroatoms. The summed E-state index contributed by atoms with van der Waals surface area (Å²) in [5, 5.41) is 19.0. The molecular formula is C26H23ClF3N5O3S. The Balaban J connectivity index is 1.56. The van der Waals surface area contributed by atoms with Crippen LogP contribution in [0.4, 0.5) is 18.3 Å². The van der Waals surface area contributed by atoms with Gasteiger partial charge in [0, 0.05) is 49.3 Å². The van der Waals surface area contributed by atoms with Gasteiger partial charge in [-0.15, -0.1) is 0 Å². The van der Waals surface area contributed by atoms with Crippen molar-refractivity contribution in [3.05, 3.63) is 69.2 Å². The van der Waals surface area contributed by atoms with E-state index in [4.69, 9.17) is 16.3 Å². The van der Waals surface area contributed by atoms with Gasteiger partial charge in [0.1, 0.15) is 11.5 Å². The largest absolute Gasteiger partial charge is 0.492 e. The lowest BCUT2D eigenvalue weighted by Crippen LogP contribution is -2.49. The van der Waals surface area contributed by atoms with Crippen LogP contribution in [0, 0.1) is 0 Å². The van der Waals surface area contributed by atoms with Crippen molar-refractivity contribution >= 4 is 56.5 Å². The molecule has 0 spiro atoms. The van der Waals surface area contributed by atoms with Crippen molar-refractivity contribution in [3.8, 4) is 5.88 Å². The number of aromatic amines is 1. The van der Waals surface area contributed by atoms with Crippen LogP contribution >= 0.6 is 22.9 Å². The normalized spacial score (nSPS) is 14.8. The molecular weight excluding hydrogens is 555 g/mol. The number of rotatable bonds is 6. The fraction of sp³-hybridized carbons (Fsp3) is 0.269. The van der Waals surface area contributed by atoms with Gasteiger partial charge < -0.3 is 19.6 Å². The maximum absolute atomic E-state index is 13.9. The molecule has 2 N–H and O–H groups in total. The third-order valence-corrected chi connectivity index (χ3v) is 7.76. The minimum Gasteiger partial charge on any atom is -0.492 e. The summed E-state index contributed by atoms with van der Waals surface area (Å²) >= 11 is 7.06. The van der Waals surface area contributed by atoms with Gasteiger partial charge in [-0.3, -0.25) is 9.89 Å². The van der Waals surface area contributed by atoms with Crippen LogP contribution in [0.2, 0.25) is 5.02 Å². The number of nitrogens with one attached hydrogen (secondary N) is 1. The lowest BCUT2D eigenvalue weighted by molar-refractivity contribution is -0.138. The van der Waals surface area contributed by atoms with Crippen molar-refractivity contribution in [2.45, 2.75) is 6.18 Å². The van der Waals surface area contributed by atoms with E-state index in [0.29, 0.717) is 47.3 Å². The summed E-state index contributed by atoms with van der Waals surface area (Å²) in [5.74, 6) is -0.405. The molecule has 1 aliphatic heterocycles. The van der Waals surface area contributed by atoms with E-state index in [2.05, 4.69) is 15.2 Å². The molecule has 0 bridgehead atoms. The van der Waals surface area contributed by atoms with Crippen molar-refractivity contribution < 1.29 is 27.8 Å². The number of alkyl halides is 3. The van der Waals surface area contributed by atoms with Gasteiger partial charge in [0.15, 0.2) is 5.13 Å². The number of piperazine rings is 1. The van der Waals surface area contributed by atoms with E-state index in [9.17, 15) is 23.1 Å². The predicted molar refractivity (Wildman–Crippen MR) is 144 cm³/mol. The van der Waals surface area contributed by atoms with E-state index < -0.39 is 11.7 Å². The molecule has 8 nitrogen and oxygen atoms in total. The lowest BCUT2D eigenvalue weighted by Gasteiger charge is -2.34. The van der Waals surface area contributed by atoms with E-state index >= 15 is 0 Å². The summed E-state index contributed by atoms with van der Waals surface area (Å²) in [7, 11) is 1.46. The van der Waals surface area contributed by atoms with Crippen LogP contribution < -0.4 is 4.90 Å². The fourth-order valence-corrected chi connectivity index (χ4v) is 5.64. The number of amides is 1. The Morgan fingerprint density at radius 1 is 1.21 bits per heavy atom. The third-order valence-electron chi connectivity index (χ3n) is 6.39. The first-order valence-electron chi connectivity index (χ1n) is 11.9. The highest BCUT2D eigenvalue weighted by Crippen LogP contribution is 2.42. The van der Waals surface area contributed by atoms with Crippen LogP contribution in [-0.4, -0.2) is 71.0 Å². The molecule has 0 aliphatic carbocycles. The highest BCUT2D eigenvalue weighted by Gasteiger charge is 2.33. The minimum absolute atomic E-state index is 0.00195. The molecule has 0 radical (unpaired) electrons. The number of hydrogen-bond donors (Lipinski definition) is 2. The highest BCUT2D eigenvalue weighted by atomic mass is 35.5. The number of nitrogens with zero attached hydrogens (tertiary/aromatic N) is 4. The van der Waals surface area contributed by atoms with E-state index in [-0.39, 0.29) is 29.0 Å². The SMILES string of the molecule is COCC(=O)N1CCN(c2nc(O)c(C(=Cc3ccc(Cl)cc3C(F)(F)F)c3ccc4[nH]ncc4c3)s2)CC1. The molecule has 1 saturated heterocycles. The summed E-state index contributed by atoms with van der Waals surface area (Å²) in [5.41, 5.74) is 0.705.